The van der Waals surface area contributed by atoms with E-state index in [0.29, 0.717) is 13.0 Å². The minimum atomic E-state index is -0.823. The lowest BCUT2D eigenvalue weighted by molar-refractivity contribution is 0.456. The van der Waals surface area contributed by atoms with Crippen molar-refractivity contribution in [2.24, 2.45) is 0 Å². The highest BCUT2D eigenvalue weighted by atomic mass is 19.2. The van der Waals surface area contributed by atoms with Crippen molar-refractivity contribution in [3.63, 3.8) is 0 Å². The van der Waals surface area contributed by atoms with Crippen molar-refractivity contribution in [1.82, 2.24) is 5.32 Å². The average Bonchev–Trinajstić information content (AvgIpc) is 2.32. The third kappa shape index (κ3) is 4.08. The molecule has 0 radical (unpaired) electrons. The molecule has 0 aliphatic heterocycles. The van der Waals surface area contributed by atoms with E-state index in [-0.39, 0.29) is 5.41 Å². The average molecular weight is 252 g/mol. The number of halogens is 2. The molecule has 0 aliphatic carbocycles. The molecule has 1 aromatic carbocycles. The summed E-state index contributed by atoms with van der Waals surface area (Å²) in [4.78, 5) is 0. The Morgan fingerprint density at radius 3 is 2.61 bits per heavy atom. The molecule has 1 N–H and O–H groups in total. The van der Waals surface area contributed by atoms with E-state index >= 15 is 0 Å². The Bertz CT molecular complexity index is 436. The maximum Gasteiger partial charge on any atom is 0.159 e. The standard InChI is InChI=1S/C14H18F2N2/c1-14(2,10-18-8-4-3-7-17)11-5-6-12(15)13(16)9-11/h5-6,9,18H,3-4,8,10H2,1-2H3. The fourth-order valence-electron chi connectivity index (χ4n) is 1.71. The van der Waals surface area contributed by atoms with E-state index in [1.165, 1.54) is 6.07 Å². The minimum Gasteiger partial charge on any atom is -0.316 e. The highest BCUT2D eigenvalue weighted by molar-refractivity contribution is 5.25. The highest BCUT2D eigenvalue weighted by Gasteiger charge is 2.21. The number of hydrogen-bond acceptors (Lipinski definition) is 2. The number of nitrogens with zero attached hydrogens (tertiary/aromatic N) is 1. The molecule has 0 atom stereocenters. The van der Waals surface area contributed by atoms with Crippen molar-refractivity contribution in [1.29, 1.82) is 5.26 Å². The number of nitrogens with one attached hydrogen (secondary N) is 1. The van der Waals surface area contributed by atoms with E-state index in [0.717, 1.165) is 24.6 Å². The van der Waals surface area contributed by atoms with Crippen LogP contribution >= 0.6 is 0 Å². The summed E-state index contributed by atoms with van der Waals surface area (Å²) in [7, 11) is 0. The maximum atomic E-state index is 13.2. The van der Waals surface area contributed by atoms with Crippen LogP contribution < -0.4 is 5.32 Å². The van der Waals surface area contributed by atoms with Gasteiger partial charge < -0.3 is 5.32 Å². The summed E-state index contributed by atoms with van der Waals surface area (Å²) in [5, 5.41) is 11.6. The molecule has 2 nitrogen and oxygen atoms in total. The molecule has 4 heteroatoms. The first-order valence-corrected chi connectivity index (χ1v) is 6.00. The van der Waals surface area contributed by atoms with Crippen LogP contribution in [0.1, 0.15) is 32.3 Å². The minimum absolute atomic E-state index is 0.277. The maximum absolute atomic E-state index is 13.2. The van der Waals surface area contributed by atoms with Gasteiger partial charge in [0.2, 0.25) is 0 Å². The summed E-state index contributed by atoms with van der Waals surface area (Å²) in [6.45, 7) is 5.35. The van der Waals surface area contributed by atoms with Gasteiger partial charge in [0.25, 0.3) is 0 Å². The molecule has 0 unspecified atom stereocenters. The molecule has 0 bridgehead atoms. The summed E-state index contributed by atoms with van der Waals surface area (Å²) < 4.78 is 26.0. The Hall–Kier alpha value is -1.47. The lowest BCUT2D eigenvalue weighted by Crippen LogP contribution is -2.33. The van der Waals surface area contributed by atoms with Crippen LogP contribution in [0.2, 0.25) is 0 Å². The molecule has 0 saturated carbocycles. The predicted molar refractivity (Wildman–Crippen MR) is 67.1 cm³/mol. The Morgan fingerprint density at radius 1 is 1.28 bits per heavy atom. The highest BCUT2D eigenvalue weighted by Crippen LogP contribution is 2.23. The van der Waals surface area contributed by atoms with Gasteiger partial charge in [0.1, 0.15) is 0 Å². The zero-order chi connectivity index (χ0) is 13.6. The molecule has 0 heterocycles. The fraction of sp³-hybridized carbons (Fsp3) is 0.500. The van der Waals surface area contributed by atoms with Gasteiger partial charge in [-0.2, -0.15) is 5.26 Å². The van der Waals surface area contributed by atoms with Crippen LogP contribution in [0.4, 0.5) is 8.78 Å². The van der Waals surface area contributed by atoms with Crippen LogP contribution in [0.15, 0.2) is 18.2 Å². The quantitative estimate of drug-likeness (QED) is 0.789. The zero-order valence-electron chi connectivity index (χ0n) is 10.8. The second-order valence-electron chi connectivity index (χ2n) is 4.95. The number of hydrogen-bond donors (Lipinski definition) is 1. The van der Waals surface area contributed by atoms with Gasteiger partial charge in [-0.25, -0.2) is 8.78 Å². The summed E-state index contributed by atoms with van der Waals surface area (Å²) >= 11 is 0. The molecule has 0 fully saturated rings. The van der Waals surface area contributed by atoms with Crippen molar-refractivity contribution >= 4 is 0 Å². The van der Waals surface area contributed by atoms with Crippen LogP contribution in [0.5, 0.6) is 0 Å². The second-order valence-corrected chi connectivity index (χ2v) is 4.95. The monoisotopic (exact) mass is 252 g/mol. The van der Waals surface area contributed by atoms with Gasteiger partial charge in [-0.3, -0.25) is 0 Å². The van der Waals surface area contributed by atoms with Gasteiger partial charge >= 0.3 is 0 Å². The summed E-state index contributed by atoms with van der Waals surface area (Å²) in [6, 6.07) is 6.08. The van der Waals surface area contributed by atoms with E-state index in [4.69, 9.17) is 5.26 Å². The van der Waals surface area contributed by atoms with E-state index in [2.05, 4.69) is 11.4 Å². The Kier molecular flexibility index (Phi) is 5.24. The Balaban J connectivity index is 2.57. The molecule has 1 aromatic rings. The third-order valence-corrected chi connectivity index (χ3v) is 2.91. The summed E-state index contributed by atoms with van der Waals surface area (Å²) in [6.07, 6.45) is 1.32. The molecule has 0 spiro atoms. The smallest absolute Gasteiger partial charge is 0.159 e. The molecule has 0 amide bonds. The van der Waals surface area contributed by atoms with Gasteiger partial charge in [0.15, 0.2) is 11.6 Å². The van der Waals surface area contributed by atoms with Crippen molar-refractivity contribution in [2.45, 2.75) is 32.1 Å². The van der Waals surface area contributed by atoms with Crippen molar-refractivity contribution in [3.05, 3.63) is 35.4 Å². The van der Waals surface area contributed by atoms with Crippen LogP contribution in [-0.4, -0.2) is 13.1 Å². The van der Waals surface area contributed by atoms with Gasteiger partial charge in [0.05, 0.1) is 6.07 Å². The third-order valence-electron chi connectivity index (χ3n) is 2.91. The largest absolute Gasteiger partial charge is 0.316 e. The number of benzene rings is 1. The van der Waals surface area contributed by atoms with E-state index in [9.17, 15) is 8.78 Å². The second kappa shape index (κ2) is 6.46. The van der Waals surface area contributed by atoms with Crippen molar-refractivity contribution in [3.8, 4) is 6.07 Å². The predicted octanol–water partition coefficient (Wildman–Crippen LogP) is 3.14. The lowest BCUT2D eigenvalue weighted by atomic mass is 9.84. The summed E-state index contributed by atoms with van der Waals surface area (Å²) in [5.74, 6) is -1.64. The first kappa shape index (κ1) is 14.6. The molecule has 0 saturated heterocycles. The van der Waals surface area contributed by atoms with Gasteiger partial charge in [-0.15, -0.1) is 0 Å². The Morgan fingerprint density at radius 2 is 2.00 bits per heavy atom. The molecule has 0 aromatic heterocycles. The lowest BCUT2D eigenvalue weighted by Gasteiger charge is -2.26. The first-order valence-electron chi connectivity index (χ1n) is 6.00. The molecule has 18 heavy (non-hydrogen) atoms. The molecular weight excluding hydrogens is 234 g/mol. The van der Waals surface area contributed by atoms with E-state index in [1.807, 2.05) is 13.8 Å². The number of rotatable bonds is 6. The molecule has 0 aliphatic rings. The Labute approximate surface area is 107 Å². The SMILES string of the molecule is CC(C)(CNCCCC#N)c1ccc(F)c(F)c1. The number of unbranched alkanes of at least 4 members (excludes halogenated alkanes) is 1. The first-order chi connectivity index (χ1) is 8.47. The van der Waals surface area contributed by atoms with Crippen LogP contribution in [-0.2, 0) is 5.41 Å². The van der Waals surface area contributed by atoms with Gasteiger partial charge in [-0.05, 0) is 30.7 Å². The van der Waals surface area contributed by atoms with Gasteiger partial charge in [0, 0.05) is 18.4 Å². The molecular formula is C14H18F2N2. The number of nitriles is 1. The zero-order valence-corrected chi connectivity index (χ0v) is 10.8. The van der Waals surface area contributed by atoms with Crippen LogP contribution in [0.3, 0.4) is 0 Å². The molecule has 1 rings (SSSR count). The fourth-order valence-corrected chi connectivity index (χ4v) is 1.71. The van der Waals surface area contributed by atoms with Crippen LogP contribution in [0, 0.1) is 23.0 Å². The van der Waals surface area contributed by atoms with Gasteiger partial charge in [-0.1, -0.05) is 19.9 Å². The van der Waals surface area contributed by atoms with E-state index in [1.54, 1.807) is 6.07 Å². The van der Waals surface area contributed by atoms with Crippen molar-refractivity contribution < 1.29 is 8.78 Å². The van der Waals surface area contributed by atoms with Crippen molar-refractivity contribution in [2.75, 3.05) is 13.1 Å². The van der Waals surface area contributed by atoms with E-state index < -0.39 is 11.6 Å². The normalized spacial score (nSPS) is 11.3. The van der Waals surface area contributed by atoms with Crippen LogP contribution in [0.25, 0.3) is 0 Å². The summed E-state index contributed by atoms with van der Waals surface area (Å²) in [5.41, 5.74) is 0.482. The molecule has 98 valence electrons. The topological polar surface area (TPSA) is 35.8 Å².